The van der Waals surface area contributed by atoms with E-state index in [0.29, 0.717) is 27.1 Å². The highest BCUT2D eigenvalue weighted by Gasteiger charge is 2.50. The van der Waals surface area contributed by atoms with Crippen molar-refractivity contribution in [2.75, 3.05) is 13.7 Å². The first-order valence-corrected chi connectivity index (χ1v) is 9.57. The summed E-state index contributed by atoms with van der Waals surface area (Å²) in [7, 11) is 1.50. The summed E-state index contributed by atoms with van der Waals surface area (Å²) in [5.74, 6) is -1.39. The van der Waals surface area contributed by atoms with Crippen LogP contribution in [0.1, 0.15) is 34.5 Å². The molecular weight excluding hydrogens is 357 g/mol. The molecule has 7 heteroatoms. The Labute approximate surface area is 154 Å². The summed E-state index contributed by atoms with van der Waals surface area (Å²) in [6.45, 7) is 0.573. The van der Waals surface area contributed by atoms with Crippen LogP contribution in [-0.4, -0.2) is 41.6 Å². The molecule has 0 spiro atoms. The number of carbonyl (C=O) groups is 2. The molecule has 0 bridgehead atoms. The lowest BCUT2D eigenvalue weighted by Crippen LogP contribution is -2.43. The molecule has 1 amide bonds. The molecule has 1 aromatic heterocycles. The highest BCUT2D eigenvalue weighted by Crippen LogP contribution is 2.44. The number of aliphatic carboxylic acids is 1. The Morgan fingerprint density at radius 2 is 2.19 bits per heavy atom. The molecule has 1 aliphatic carbocycles. The molecule has 5 nitrogen and oxygen atoms in total. The minimum absolute atomic E-state index is 0.0217. The van der Waals surface area contributed by atoms with Gasteiger partial charge in [0, 0.05) is 29.3 Å². The van der Waals surface area contributed by atoms with E-state index in [2.05, 4.69) is 0 Å². The number of halogens is 1. The van der Waals surface area contributed by atoms with Crippen molar-refractivity contribution < 1.29 is 23.8 Å². The SMILES string of the molecule is COCc1c(C(=O)N2CC3CCCC3C2C(=O)O)sc2cccc(F)c12. The Bertz CT molecular complexity index is 880. The molecule has 26 heavy (non-hydrogen) atoms. The van der Waals surface area contributed by atoms with Gasteiger partial charge in [0.05, 0.1) is 11.5 Å². The number of thiophene rings is 1. The standard InChI is InChI=1S/C19H20FNO4S/c1-25-9-12-15-13(20)6-3-7-14(15)26-17(12)18(22)21-8-10-4-2-5-11(10)16(21)19(23)24/h3,6-7,10-11,16H,2,4-5,8-9H2,1H3,(H,23,24). The Kier molecular flexibility index (Phi) is 4.44. The number of methoxy groups -OCH3 is 1. The number of amides is 1. The third-order valence-corrected chi connectivity index (χ3v) is 6.84. The maximum Gasteiger partial charge on any atom is 0.326 e. The molecule has 1 saturated carbocycles. The summed E-state index contributed by atoms with van der Waals surface area (Å²) < 4.78 is 20.2. The van der Waals surface area contributed by atoms with Crippen molar-refractivity contribution in [2.24, 2.45) is 11.8 Å². The van der Waals surface area contributed by atoms with Crippen LogP contribution in [0.3, 0.4) is 0 Å². The first-order chi connectivity index (χ1) is 12.5. The number of hydrogen-bond donors (Lipinski definition) is 1. The first kappa shape index (κ1) is 17.4. The third-order valence-electron chi connectivity index (χ3n) is 5.65. The van der Waals surface area contributed by atoms with Crippen molar-refractivity contribution in [1.82, 2.24) is 4.90 Å². The van der Waals surface area contributed by atoms with Gasteiger partial charge >= 0.3 is 5.97 Å². The van der Waals surface area contributed by atoms with E-state index in [0.717, 1.165) is 19.3 Å². The molecule has 2 fully saturated rings. The number of ether oxygens (including phenoxy) is 1. The van der Waals surface area contributed by atoms with Gasteiger partial charge in [-0.05, 0) is 36.8 Å². The third kappa shape index (κ3) is 2.61. The van der Waals surface area contributed by atoms with Crippen molar-refractivity contribution in [2.45, 2.75) is 31.9 Å². The molecule has 2 aliphatic rings. The lowest BCUT2D eigenvalue weighted by molar-refractivity contribution is -0.142. The minimum Gasteiger partial charge on any atom is -0.480 e. The predicted molar refractivity (Wildman–Crippen MR) is 95.8 cm³/mol. The average molecular weight is 377 g/mol. The average Bonchev–Trinajstić information content (AvgIpc) is 3.27. The predicted octanol–water partition coefficient (Wildman–Crippen LogP) is 3.51. The van der Waals surface area contributed by atoms with E-state index in [4.69, 9.17) is 4.74 Å². The molecular formula is C19H20FNO4S. The Morgan fingerprint density at radius 1 is 1.38 bits per heavy atom. The van der Waals surface area contributed by atoms with Crippen molar-refractivity contribution in [3.63, 3.8) is 0 Å². The van der Waals surface area contributed by atoms with Crippen LogP contribution >= 0.6 is 11.3 Å². The Hall–Kier alpha value is -1.99. The number of benzene rings is 1. The van der Waals surface area contributed by atoms with Crippen molar-refractivity contribution in [3.8, 4) is 0 Å². The van der Waals surface area contributed by atoms with Crippen LogP contribution in [0.4, 0.5) is 4.39 Å². The van der Waals surface area contributed by atoms with Gasteiger partial charge in [-0.25, -0.2) is 9.18 Å². The van der Waals surface area contributed by atoms with E-state index in [1.54, 1.807) is 12.1 Å². The van der Waals surface area contributed by atoms with Crippen LogP contribution in [0.2, 0.25) is 0 Å². The Balaban J connectivity index is 1.77. The molecule has 1 aromatic carbocycles. The van der Waals surface area contributed by atoms with Gasteiger partial charge in [-0.2, -0.15) is 0 Å². The van der Waals surface area contributed by atoms with E-state index < -0.39 is 17.8 Å². The molecule has 2 heterocycles. The first-order valence-electron chi connectivity index (χ1n) is 8.75. The van der Waals surface area contributed by atoms with Crippen molar-refractivity contribution in [1.29, 1.82) is 0 Å². The van der Waals surface area contributed by atoms with Crippen molar-refractivity contribution >= 4 is 33.3 Å². The van der Waals surface area contributed by atoms with Crippen LogP contribution in [0, 0.1) is 17.7 Å². The van der Waals surface area contributed by atoms with Crippen LogP contribution in [0.15, 0.2) is 18.2 Å². The van der Waals surface area contributed by atoms with Crippen LogP contribution in [-0.2, 0) is 16.1 Å². The zero-order valence-corrected chi connectivity index (χ0v) is 15.2. The number of carboxylic acids is 1. The zero-order valence-electron chi connectivity index (χ0n) is 14.4. The number of hydrogen-bond acceptors (Lipinski definition) is 4. The molecule has 1 saturated heterocycles. The van der Waals surface area contributed by atoms with Crippen LogP contribution < -0.4 is 0 Å². The van der Waals surface area contributed by atoms with E-state index >= 15 is 0 Å². The molecule has 3 atom stereocenters. The molecule has 1 aliphatic heterocycles. The summed E-state index contributed by atoms with van der Waals surface area (Å²) in [6, 6.07) is 3.95. The smallest absolute Gasteiger partial charge is 0.326 e. The lowest BCUT2D eigenvalue weighted by atomic mass is 9.94. The second-order valence-electron chi connectivity index (χ2n) is 7.05. The molecule has 4 rings (SSSR count). The van der Waals surface area contributed by atoms with Gasteiger partial charge in [0.25, 0.3) is 5.91 Å². The van der Waals surface area contributed by atoms with Crippen LogP contribution in [0.5, 0.6) is 0 Å². The van der Waals surface area contributed by atoms with Gasteiger partial charge in [-0.15, -0.1) is 11.3 Å². The van der Waals surface area contributed by atoms with E-state index in [-0.39, 0.29) is 24.3 Å². The number of rotatable bonds is 4. The fourth-order valence-electron chi connectivity index (χ4n) is 4.58. The summed E-state index contributed by atoms with van der Waals surface area (Å²) in [5.41, 5.74) is 0.511. The minimum atomic E-state index is -0.951. The molecule has 0 radical (unpaired) electrons. The van der Waals surface area contributed by atoms with Gasteiger partial charge < -0.3 is 14.7 Å². The van der Waals surface area contributed by atoms with Gasteiger partial charge in [0.2, 0.25) is 0 Å². The second-order valence-corrected chi connectivity index (χ2v) is 8.10. The fourth-order valence-corrected chi connectivity index (χ4v) is 5.76. The van der Waals surface area contributed by atoms with Gasteiger partial charge in [0.1, 0.15) is 11.9 Å². The quantitative estimate of drug-likeness (QED) is 0.885. The summed E-state index contributed by atoms with van der Waals surface area (Å²) in [5, 5.41) is 10.1. The second kappa shape index (κ2) is 6.63. The molecule has 1 N–H and O–H groups in total. The number of likely N-dealkylation sites (tertiary alicyclic amines) is 1. The van der Waals surface area contributed by atoms with Gasteiger partial charge in [-0.1, -0.05) is 12.5 Å². The number of carboxylic acid groups (broad SMARTS) is 1. The van der Waals surface area contributed by atoms with E-state index in [1.165, 1.54) is 29.4 Å². The fraction of sp³-hybridized carbons (Fsp3) is 0.474. The van der Waals surface area contributed by atoms with E-state index in [9.17, 15) is 19.1 Å². The zero-order chi connectivity index (χ0) is 18.4. The summed E-state index contributed by atoms with van der Waals surface area (Å²) in [6.07, 6.45) is 2.83. The lowest BCUT2D eigenvalue weighted by Gasteiger charge is -2.24. The molecule has 2 aromatic rings. The maximum atomic E-state index is 14.3. The molecule has 138 valence electrons. The highest BCUT2D eigenvalue weighted by atomic mass is 32.1. The summed E-state index contributed by atoms with van der Waals surface area (Å²) in [4.78, 5) is 27.0. The molecule has 3 unspecified atom stereocenters. The maximum absolute atomic E-state index is 14.3. The van der Waals surface area contributed by atoms with E-state index in [1.807, 2.05) is 0 Å². The normalized spacial score (nSPS) is 25.0. The summed E-state index contributed by atoms with van der Waals surface area (Å²) >= 11 is 1.21. The number of nitrogens with zero attached hydrogens (tertiary/aromatic N) is 1. The largest absolute Gasteiger partial charge is 0.480 e. The monoisotopic (exact) mass is 377 g/mol. The number of carbonyl (C=O) groups excluding carboxylic acids is 1. The van der Waals surface area contributed by atoms with Gasteiger partial charge in [0.15, 0.2) is 0 Å². The van der Waals surface area contributed by atoms with Crippen molar-refractivity contribution in [3.05, 3.63) is 34.5 Å². The highest BCUT2D eigenvalue weighted by molar-refractivity contribution is 7.21. The number of fused-ring (bicyclic) bond motifs is 2. The van der Waals surface area contributed by atoms with Crippen LogP contribution in [0.25, 0.3) is 10.1 Å². The van der Waals surface area contributed by atoms with Gasteiger partial charge in [-0.3, -0.25) is 4.79 Å². The topological polar surface area (TPSA) is 66.8 Å². The Morgan fingerprint density at radius 3 is 2.92 bits per heavy atom.